The van der Waals surface area contributed by atoms with Crippen molar-refractivity contribution in [3.8, 4) is 0 Å². The molecular weight excluding hydrogens is 338 g/mol. The molecule has 1 aliphatic rings. The Morgan fingerprint density at radius 1 is 1.00 bits per heavy atom. The fraction of sp³-hybridized carbons (Fsp3) is 0.333. The van der Waals surface area contributed by atoms with Crippen LogP contribution >= 0.6 is 0 Å². The first kappa shape index (κ1) is 17.5. The van der Waals surface area contributed by atoms with Gasteiger partial charge in [0.15, 0.2) is 0 Å². The third-order valence-corrected chi connectivity index (χ3v) is 5.00. The van der Waals surface area contributed by atoms with Crippen molar-refractivity contribution in [1.29, 1.82) is 0 Å². The Hall–Kier alpha value is -2.86. The lowest BCUT2D eigenvalue weighted by molar-refractivity contribution is 0.134. The largest absolute Gasteiger partial charge is 0.341 e. The molecule has 2 N–H and O–H groups in total. The molecule has 1 saturated heterocycles. The van der Waals surface area contributed by atoms with Crippen molar-refractivity contribution in [2.24, 2.45) is 0 Å². The maximum Gasteiger partial charge on any atom is 0.317 e. The monoisotopic (exact) mass is 363 g/mol. The summed E-state index contributed by atoms with van der Waals surface area (Å²) in [4.78, 5) is 24.6. The minimum Gasteiger partial charge on any atom is -0.341 e. The van der Waals surface area contributed by atoms with Crippen LogP contribution in [0.1, 0.15) is 11.4 Å². The highest BCUT2D eigenvalue weighted by molar-refractivity contribution is 5.75. The van der Waals surface area contributed by atoms with Gasteiger partial charge in [-0.05, 0) is 24.1 Å². The summed E-state index contributed by atoms with van der Waals surface area (Å²) in [6, 6.07) is 18.3. The van der Waals surface area contributed by atoms with E-state index in [4.69, 9.17) is 0 Å². The molecule has 1 fully saturated rings. The van der Waals surface area contributed by atoms with Gasteiger partial charge in [-0.25, -0.2) is 9.78 Å². The number of piperazine rings is 1. The number of aromatic amines is 1. The molecule has 0 aliphatic carbocycles. The van der Waals surface area contributed by atoms with Gasteiger partial charge in [0.25, 0.3) is 0 Å². The molecule has 0 radical (unpaired) electrons. The van der Waals surface area contributed by atoms with Crippen LogP contribution in [0.2, 0.25) is 0 Å². The van der Waals surface area contributed by atoms with Gasteiger partial charge < -0.3 is 15.2 Å². The first-order chi connectivity index (χ1) is 13.3. The van der Waals surface area contributed by atoms with Crippen molar-refractivity contribution in [2.45, 2.75) is 13.0 Å². The fourth-order valence-electron chi connectivity index (χ4n) is 3.47. The van der Waals surface area contributed by atoms with Gasteiger partial charge in [-0.2, -0.15) is 0 Å². The number of amides is 2. The zero-order valence-corrected chi connectivity index (χ0v) is 15.4. The molecule has 0 atom stereocenters. The molecular formula is C21H25N5O. The van der Waals surface area contributed by atoms with Crippen LogP contribution in [-0.2, 0) is 13.0 Å². The molecule has 2 heterocycles. The zero-order valence-electron chi connectivity index (χ0n) is 15.4. The molecule has 0 saturated carbocycles. The number of hydrogen-bond acceptors (Lipinski definition) is 3. The van der Waals surface area contributed by atoms with Crippen LogP contribution in [0, 0.1) is 0 Å². The van der Waals surface area contributed by atoms with Crippen molar-refractivity contribution >= 4 is 17.1 Å². The summed E-state index contributed by atoms with van der Waals surface area (Å²) in [7, 11) is 0. The summed E-state index contributed by atoms with van der Waals surface area (Å²) in [6.07, 6.45) is 0.860. The highest BCUT2D eigenvalue weighted by atomic mass is 16.2. The summed E-state index contributed by atoms with van der Waals surface area (Å²) >= 11 is 0. The third-order valence-electron chi connectivity index (χ3n) is 5.00. The number of urea groups is 1. The van der Waals surface area contributed by atoms with Gasteiger partial charge >= 0.3 is 6.03 Å². The van der Waals surface area contributed by atoms with E-state index in [1.165, 1.54) is 5.56 Å². The van der Waals surface area contributed by atoms with Crippen LogP contribution in [0.5, 0.6) is 0 Å². The van der Waals surface area contributed by atoms with Gasteiger partial charge in [-0.3, -0.25) is 4.90 Å². The summed E-state index contributed by atoms with van der Waals surface area (Å²) < 4.78 is 0. The highest BCUT2D eigenvalue weighted by Crippen LogP contribution is 2.13. The number of rotatable bonds is 5. The Labute approximate surface area is 159 Å². The normalized spacial score (nSPS) is 15.2. The summed E-state index contributed by atoms with van der Waals surface area (Å²) in [6.45, 7) is 4.68. The van der Waals surface area contributed by atoms with Crippen molar-refractivity contribution < 1.29 is 4.79 Å². The number of H-pyrrole nitrogens is 1. The van der Waals surface area contributed by atoms with E-state index in [1.807, 2.05) is 47.4 Å². The molecule has 0 spiro atoms. The molecule has 140 valence electrons. The van der Waals surface area contributed by atoms with Crippen LogP contribution in [0.15, 0.2) is 54.6 Å². The fourth-order valence-corrected chi connectivity index (χ4v) is 3.47. The van der Waals surface area contributed by atoms with Crippen LogP contribution < -0.4 is 5.32 Å². The standard InChI is InChI=1S/C21H25N5O/c27-21(22-11-10-17-6-2-1-3-7-17)26-14-12-25(13-15-26)16-20-23-18-8-4-5-9-19(18)24-20/h1-9H,10-16H2,(H,22,27)(H,23,24). The number of aromatic nitrogens is 2. The van der Waals surface area contributed by atoms with E-state index in [0.717, 1.165) is 56.0 Å². The van der Waals surface area contributed by atoms with Gasteiger partial charge in [0.2, 0.25) is 0 Å². The molecule has 3 aromatic rings. The minimum atomic E-state index is 0.0364. The molecule has 0 unspecified atom stereocenters. The average molecular weight is 363 g/mol. The van der Waals surface area contributed by atoms with Crippen LogP contribution in [0.3, 0.4) is 0 Å². The molecule has 27 heavy (non-hydrogen) atoms. The quantitative estimate of drug-likeness (QED) is 0.732. The summed E-state index contributed by atoms with van der Waals surface area (Å²) in [5.74, 6) is 0.983. The van der Waals surface area contributed by atoms with E-state index in [-0.39, 0.29) is 6.03 Å². The van der Waals surface area contributed by atoms with Gasteiger partial charge in [0.05, 0.1) is 17.6 Å². The van der Waals surface area contributed by atoms with Crippen LogP contribution in [-0.4, -0.2) is 58.5 Å². The van der Waals surface area contributed by atoms with Crippen molar-refractivity contribution in [2.75, 3.05) is 32.7 Å². The lowest BCUT2D eigenvalue weighted by Crippen LogP contribution is -2.51. The van der Waals surface area contributed by atoms with Gasteiger partial charge in [-0.1, -0.05) is 42.5 Å². The number of imidazole rings is 1. The van der Waals surface area contributed by atoms with E-state index < -0.39 is 0 Å². The Balaban J connectivity index is 1.21. The Morgan fingerprint density at radius 3 is 2.52 bits per heavy atom. The maximum atomic E-state index is 12.3. The first-order valence-corrected chi connectivity index (χ1v) is 9.50. The molecule has 6 nitrogen and oxygen atoms in total. The minimum absolute atomic E-state index is 0.0364. The van der Waals surface area contributed by atoms with E-state index in [0.29, 0.717) is 6.54 Å². The Morgan fingerprint density at radius 2 is 1.74 bits per heavy atom. The number of para-hydroxylation sites is 2. The van der Waals surface area contributed by atoms with E-state index in [1.54, 1.807) is 0 Å². The van der Waals surface area contributed by atoms with Gasteiger partial charge in [0, 0.05) is 32.7 Å². The van der Waals surface area contributed by atoms with Crippen molar-refractivity contribution in [3.63, 3.8) is 0 Å². The lowest BCUT2D eigenvalue weighted by Gasteiger charge is -2.34. The first-order valence-electron chi connectivity index (χ1n) is 9.50. The number of fused-ring (bicyclic) bond motifs is 1. The predicted octanol–water partition coefficient (Wildman–Crippen LogP) is 2.63. The SMILES string of the molecule is O=C(NCCc1ccccc1)N1CCN(Cc2nc3ccccc3[nH]2)CC1. The average Bonchev–Trinajstić information content (AvgIpc) is 3.11. The smallest absolute Gasteiger partial charge is 0.317 e. The summed E-state index contributed by atoms with van der Waals surface area (Å²) in [5.41, 5.74) is 3.32. The third kappa shape index (κ3) is 4.46. The Kier molecular flexibility index (Phi) is 5.34. The second-order valence-electron chi connectivity index (χ2n) is 6.93. The maximum absolute atomic E-state index is 12.3. The molecule has 1 aliphatic heterocycles. The molecule has 0 bridgehead atoms. The zero-order chi connectivity index (χ0) is 18.5. The molecule has 2 aromatic carbocycles. The van der Waals surface area contributed by atoms with Crippen LogP contribution in [0.25, 0.3) is 11.0 Å². The lowest BCUT2D eigenvalue weighted by atomic mass is 10.1. The molecule has 2 amide bonds. The van der Waals surface area contributed by atoms with Gasteiger partial charge in [-0.15, -0.1) is 0 Å². The number of nitrogens with zero attached hydrogens (tertiary/aromatic N) is 3. The second-order valence-corrected chi connectivity index (χ2v) is 6.93. The number of nitrogens with one attached hydrogen (secondary N) is 2. The molecule has 4 rings (SSSR count). The number of carbonyl (C=O) groups excluding carboxylic acids is 1. The number of hydrogen-bond donors (Lipinski definition) is 2. The number of carbonyl (C=O) groups is 1. The predicted molar refractivity (Wildman–Crippen MR) is 106 cm³/mol. The summed E-state index contributed by atoms with van der Waals surface area (Å²) in [5, 5.41) is 3.03. The van der Waals surface area contributed by atoms with E-state index in [9.17, 15) is 4.79 Å². The van der Waals surface area contributed by atoms with Crippen LogP contribution in [0.4, 0.5) is 4.79 Å². The topological polar surface area (TPSA) is 64.3 Å². The van der Waals surface area contributed by atoms with E-state index >= 15 is 0 Å². The van der Waals surface area contributed by atoms with Crippen molar-refractivity contribution in [1.82, 2.24) is 25.1 Å². The second kappa shape index (κ2) is 8.22. The van der Waals surface area contributed by atoms with Crippen molar-refractivity contribution in [3.05, 3.63) is 66.0 Å². The highest BCUT2D eigenvalue weighted by Gasteiger charge is 2.21. The number of benzene rings is 2. The molecule has 1 aromatic heterocycles. The molecule has 6 heteroatoms. The Bertz CT molecular complexity index is 851. The van der Waals surface area contributed by atoms with Gasteiger partial charge in [0.1, 0.15) is 5.82 Å². The van der Waals surface area contributed by atoms with E-state index in [2.05, 4.69) is 32.3 Å².